The number of alkyl halides is 5. The molecule has 0 aliphatic carbocycles. The van der Waals surface area contributed by atoms with Crippen LogP contribution in [0.15, 0.2) is 18.5 Å². The van der Waals surface area contributed by atoms with E-state index in [2.05, 4.69) is 5.10 Å². The van der Waals surface area contributed by atoms with Gasteiger partial charge in [0.05, 0.1) is 0 Å². The first-order chi connectivity index (χ1) is 5.81. The molecule has 2 nitrogen and oxygen atoms in total. The molecule has 74 valence electrons. The van der Waals surface area contributed by atoms with E-state index in [1.807, 2.05) is 0 Å². The van der Waals surface area contributed by atoms with Crippen LogP contribution in [0, 0.1) is 0 Å². The van der Waals surface area contributed by atoms with Crippen molar-refractivity contribution in [2.45, 2.75) is 18.6 Å². The lowest BCUT2D eigenvalue weighted by atomic mass is 10.3. The van der Waals surface area contributed by atoms with Gasteiger partial charge in [-0.2, -0.15) is 27.1 Å². The van der Waals surface area contributed by atoms with Gasteiger partial charge in [0.1, 0.15) is 6.42 Å². The van der Waals surface area contributed by atoms with E-state index in [1.54, 1.807) is 0 Å². The fraction of sp³-hybridized carbons (Fsp3) is 0.500. The molecule has 0 aliphatic heterocycles. The van der Waals surface area contributed by atoms with Crippen molar-refractivity contribution in [2.75, 3.05) is 0 Å². The summed E-state index contributed by atoms with van der Waals surface area (Å²) in [4.78, 5) is 0. The molecule has 0 N–H and O–H groups in total. The number of rotatable bonds is 2. The van der Waals surface area contributed by atoms with Crippen molar-refractivity contribution in [3.05, 3.63) is 18.5 Å². The first-order valence-corrected chi connectivity index (χ1v) is 3.26. The van der Waals surface area contributed by atoms with Crippen molar-refractivity contribution in [1.29, 1.82) is 0 Å². The molecule has 0 atom stereocenters. The van der Waals surface area contributed by atoms with E-state index in [1.165, 1.54) is 0 Å². The van der Waals surface area contributed by atoms with Crippen LogP contribution in [0.1, 0.15) is 6.42 Å². The highest BCUT2D eigenvalue weighted by molar-refractivity contribution is 4.82. The van der Waals surface area contributed by atoms with Gasteiger partial charge in [-0.05, 0) is 6.07 Å². The predicted molar refractivity (Wildman–Crippen MR) is 33.1 cm³/mol. The predicted octanol–water partition coefficient (Wildman–Crippen LogP) is 2.38. The summed E-state index contributed by atoms with van der Waals surface area (Å²) in [5.74, 6) is 0. The van der Waals surface area contributed by atoms with E-state index in [9.17, 15) is 22.0 Å². The fourth-order valence-corrected chi connectivity index (χ4v) is 0.784. The van der Waals surface area contributed by atoms with Crippen LogP contribution in [0.3, 0.4) is 0 Å². The van der Waals surface area contributed by atoms with E-state index in [-0.39, 0.29) is 4.68 Å². The quantitative estimate of drug-likeness (QED) is 0.670. The van der Waals surface area contributed by atoms with E-state index in [0.717, 1.165) is 18.5 Å². The first-order valence-electron chi connectivity index (χ1n) is 3.26. The van der Waals surface area contributed by atoms with Crippen molar-refractivity contribution in [3.8, 4) is 0 Å². The molecule has 1 rings (SSSR count). The van der Waals surface area contributed by atoms with Gasteiger partial charge in [-0.1, -0.05) is 0 Å². The third-order valence-electron chi connectivity index (χ3n) is 1.25. The summed E-state index contributed by atoms with van der Waals surface area (Å²) in [6, 6.07) is -2.88. The molecule has 0 bridgehead atoms. The largest absolute Gasteiger partial charge is 0.396 e. The Morgan fingerprint density at radius 3 is 2.15 bits per heavy atom. The molecule has 0 aromatic carbocycles. The molecule has 0 saturated heterocycles. The van der Waals surface area contributed by atoms with Crippen molar-refractivity contribution in [3.63, 3.8) is 0 Å². The Bertz CT molecular complexity index is 263. The Balaban J connectivity index is 2.78. The van der Waals surface area contributed by atoms with Gasteiger partial charge in [0.25, 0.3) is 0 Å². The average molecular weight is 200 g/mol. The molecule has 0 aliphatic rings. The minimum absolute atomic E-state index is 0.0134. The third-order valence-corrected chi connectivity index (χ3v) is 1.25. The molecular formula is C6H5F5N2. The van der Waals surface area contributed by atoms with E-state index in [0.29, 0.717) is 0 Å². The van der Waals surface area contributed by atoms with Gasteiger partial charge in [0, 0.05) is 12.4 Å². The lowest BCUT2D eigenvalue weighted by Crippen LogP contribution is -2.30. The van der Waals surface area contributed by atoms with Gasteiger partial charge in [-0.3, -0.25) is 0 Å². The van der Waals surface area contributed by atoms with Crippen LogP contribution >= 0.6 is 0 Å². The van der Waals surface area contributed by atoms with Gasteiger partial charge < -0.3 is 0 Å². The summed E-state index contributed by atoms with van der Waals surface area (Å²) in [5, 5.41) is 3.04. The second-order valence-electron chi connectivity index (χ2n) is 2.41. The normalized spacial score (nSPS) is 13.3. The lowest BCUT2D eigenvalue weighted by Gasteiger charge is -2.17. The van der Waals surface area contributed by atoms with Crippen LogP contribution < -0.4 is 0 Å². The zero-order chi connectivity index (χ0) is 10.1. The summed E-state index contributed by atoms with van der Waals surface area (Å²) >= 11 is 0. The van der Waals surface area contributed by atoms with Gasteiger partial charge in [-0.15, -0.1) is 0 Å². The van der Waals surface area contributed by atoms with Crippen molar-refractivity contribution in [1.82, 2.24) is 9.78 Å². The maximum absolute atomic E-state index is 12.7. The molecular weight excluding hydrogens is 195 g/mol. The Labute approximate surface area is 70.0 Å². The van der Waals surface area contributed by atoms with E-state index in [4.69, 9.17) is 0 Å². The Morgan fingerprint density at radius 1 is 1.15 bits per heavy atom. The lowest BCUT2D eigenvalue weighted by molar-refractivity contribution is -0.219. The Morgan fingerprint density at radius 2 is 1.77 bits per heavy atom. The summed E-state index contributed by atoms with van der Waals surface area (Å²) in [6.07, 6.45) is -5.34. The highest BCUT2D eigenvalue weighted by Gasteiger charge is 2.45. The van der Waals surface area contributed by atoms with E-state index < -0.39 is 18.6 Å². The molecule has 1 aromatic heterocycles. The first kappa shape index (κ1) is 9.94. The van der Waals surface area contributed by atoms with Gasteiger partial charge >= 0.3 is 12.2 Å². The van der Waals surface area contributed by atoms with Gasteiger partial charge in [0.15, 0.2) is 0 Å². The number of halogens is 5. The van der Waals surface area contributed by atoms with Crippen molar-refractivity contribution in [2.24, 2.45) is 0 Å². The second-order valence-corrected chi connectivity index (χ2v) is 2.41. The topological polar surface area (TPSA) is 17.8 Å². The zero-order valence-corrected chi connectivity index (χ0v) is 6.22. The maximum Gasteiger partial charge on any atom is 0.396 e. The molecule has 0 fully saturated rings. The summed E-state index contributed by atoms with van der Waals surface area (Å²) in [6.45, 7) is 0. The van der Waals surface area contributed by atoms with Gasteiger partial charge in [0.2, 0.25) is 0 Å². The molecule has 0 spiro atoms. The highest BCUT2D eigenvalue weighted by Crippen LogP contribution is 2.34. The number of aromatic nitrogens is 2. The Kier molecular flexibility index (Phi) is 2.27. The Hall–Kier alpha value is -1.14. The van der Waals surface area contributed by atoms with Crippen LogP contribution in [0.4, 0.5) is 22.0 Å². The fourth-order valence-electron chi connectivity index (χ4n) is 0.784. The number of hydrogen-bond acceptors (Lipinski definition) is 1. The number of nitrogens with zero attached hydrogens (tertiary/aromatic N) is 2. The second kappa shape index (κ2) is 2.97. The molecule has 13 heavy (non-hydrogen) atoms. The SMILES string of the molecule is FC(F)(F)CC(F)(F)n1cccn1. The monoisotopic (exact) mass is 200 g/mol. The van der Waals surface area contributed by atoms with Crippen molar-refractivity contribution >= 4 is 0 Å². The van der Waals surface area contributed by atoms with Crippen molar-refractivity contribution < 1.29 is 22.0 Å². The summed E-state index contributed by atoms with van der Waals surface area (Å²) < 4.78 is 60.2. The average Bonchev–Trinajstić information content (AvgIpc) is 2.29. The van der Waals surface area contributed by atoms with Crippen LogP contribution in [-0.4, -0.2) is 16.0 Å². The summed E-state index contributed by atoms with van der Waals surface area (Å²) in [5.41, 5.74) is 0. The number of hydrogen-bond donors (Lipinski definition) is 0. The van der Waals surface area contributed by atoms with E-state index >= 15 is 0 Å². The minimum atomic E-state index is -4.91. The highest BCUT2D eigenvalue weighted by atomic mass is 19.4. The summed E-state index contributed by atoms with van der Waals surface area (Å²) in [7, 11) is 0. The zero-order valence-electron chi connectivity index (χ0n) is 6.22. The molecule has 1 aromatic rings. The molecule has 0 saturated carbocycles. The van der Waals surface area contributed by atoms with Crippen LogP contribution in [0.25, 0.3) is 0 Å². The minimum Gasteiger partial charge on any atom is -0.209 e. The van der Waals surface area contributed by atoms with Crippen LogP contribution in [-0.2, 0) is 6.05 Å². The molecule has 1 heterocycles. The van der Waals surface area contributed by atoms with Gasteiger partial charge in [-0.25, -0.2) is 4.68 Å². The third kappa shape index (κ3) is 2.67. The standard InChI is InChI=1S/C6H5F5N2/c7-5(8,9)4-6(10,11)13-3-1-2-12-13/h1-3H,4H2. The molecule has 7 heteroatoms. The molecule has 0 radical (unpaired) electrons. The smallest absolute Gasteiger partial charge is 0.209 e. The van der Waals surface area contributed by atoms with Crippen LogP contribution in [0.2, 0.25) is 0 Å². The maximum atomic E-state index is 12.7. The molecule has 0 amide bonds. The molecule has 0 unspecified atom stereocenters. The van der Waals surface area contributed by atoms with Crippen LogP contribution in [0.5, 0.6) is 0 Å².